The Balaban J connectivity index is 1.54. The Morgan fingerprint density at radius 2 is 1.86 bits per heavy atom. The van der Waals surface area contributed by atoms with Crippen molar-refractivity contribution < 1.29 is 28.2 Å². The van der Waals surface area contributed by atoms with Crippen molar-refractivity contribution in [3.8, 4) is 23.0 Å². The molecule has 2 aromatic carbocycles. The van der Waals surface area contributed by atoms with E-state index in [9.17, 15) is 18.7 Å². The van der Waals surface area contributed by atoms with Gasteiger partial charge in [-0.25, -0.2) is 23.7 Å². The predicted octanol–water partition coefficient (Wildman–Crippen LogP) is 5.08. The third kappa shape index (κ3) is 6.84. The number of hydrogen-bond acceptors (Lipinski definition) is 9. The van der Waals surface area contributed by atoms with E-state index in [1.807, 2.05) is 12.1 Å². The molecule has 0 aliphatic heterocycles. The van der Waals surface area contributed by atoms with Gasteiger partial charge in [-0.3, -0.25) is 9.48 Å². The Labute approximate surface area is 245 Å². The number of halogens is 2. The maximum absolute atomic E-state index is 14.9. The molecule has 3 N–H and O–H groups in total. The Kier molecular flexibility index (Phi) is 9.01. The molecule has 0 bridgehead atoms. The molecule has 1 amide bonds. The van der Waals surface area contributed by atoms with Crippen molar-refractivity contribution in [3.63, 3.8) is 0 Å². The number of nitrogens with one attached hydrogen (secondary N) is 2. The number of aliphatic hydroxyl groups is 1. The minimum Gasteiger partial charge on any atom is -0.494 e. The van der Waals surface area contributed by atoms with Crippen LogP contribution in [-0.4, -0.2) is 55.6 Å². The van der Waals surface area contributed by atoms with E-state index in [0.717, 1.165) is 12.1 Å². The number of nitrogens with zero attached hydrogens (tertiary/aromatic N) is 5. The zero-order chi connectivity index (χ0) is 30.3. The number of carbonyl (C=O) groups excluding carboxylic acids is 1. The topological polar surface area (TPSA) is 136 Å². The van der Waals surface area contributed by atoms with Crippen LogP contribution in [-0.2, 0) is 11.3 Å². The monoisotopic (exact) mass is 589 g/mol. The summed E-state index contributed by atoms with van der Waals surface area (Å²) in [7, 11) is 0. The van der Waals surface area contributed by atoms with Crippen molar-refractivity contribution in [3.05, 3.63) is 78.1 Å². The Hall–Kier alpha value is -5.17. The van der Waals surface area contributed by atoms with Crippen LogP contribution in [0.15, 0.2) is 60.9 Å². The summed E-state index contributed by atoms with van der Waals surface area (Å²) in [6.45, 7) is 3.39. The second-order valence-corrected chi connectivity index (χ2v) is 9.39. The minimum atomic E-state index is -0.743. The standard InChI is InChI=1S/C30H29F2N7O4/c1-3-42-20-14-23(31)22(24(32)15-20)17-39-25-8-5-4-7-21(25)28(38-39)30-34-16-26(43-12-6-11-40)29(37-30)36-19-9-10-33-27(13-19)35-18(2)41/h4-5,7-10,13-16,40H,3,6,11-12,17H2,1-2H3,(H2,33,34,35,36,37,41). The van der Waals surface area contributed by atoms with Crippen LogP contribution in [0.2, 0.25) is 0 Å². The van der Waals surface area contributed by atoms with E-state index in [2.05, 4.69) is 30.7 Å². The number of aromatic nitrogens is 5. The minimum absolute atomic E-state index is 0.0505. The summed E-state index contributed by atoms with van der Waals surface area (Å²) in [6.07, 6.45) is 3.41. The first kappa shape index (κ1) is 29.3. The summed E-state index contributed by atoms with van der Waals surface area (Å²) in [4.78, 5) is 24.8. The average molecular weight is 590 g/mol. The van der Waals surface area contributed by atoms with E-state index in [-0.39, 0.29) is 49.4 Å². The lowest BCUT2D eigenvalue weighted by Gasteiger charge is -2.13. The second kappa shape index (κ2) is 13.2. The van der Waals surface area contributed by atoms with Crippen molar-refractivity contribution in [1.82, 2.24) is 24.7 Å². The first-order chi connectivity index (χ1) is 20.9. The van der Waals surface area contributed by atoms with Crippen LogP contribution < -0.4 is 20.1 Å². The van der Waals surface area contributed by atoms with Gasteiger partial charge in [0.2, 0.25) is 5.91 Å². The molecule has 0 fully saturated rings. The third-order valence-corrected chi connectivity index (χ3v) is 6.25. The maximum atomic E-state index is 14.9. The van der Waals surface area contributed by atoms with Crippen molar-refractivity contribution >= 4 is 34.1 Å². The van der Waals surface area contributed by atoms with E-state index in [4.69, 9.17) is 9.47 Å². The molecule has 0 spiro atoms. The third-order valence-electron chi connectivity index (χ3n) is 6.25. The number of para-hydroxylation sites is 1. The highest BCUT2D eigenvalue weighted by molar-refractivity contribution is 5.92. The lowest BCUT2D eigenvalue weighted by atomic mass is 10.1. The summed E-state index contributed by atoms with van der Waals surface area (Å²) in [5, 5.41) is 20.3. The van der Waals surface area contributed by atoms with Gasteiger partial charge in [-0.05, 0) is 19.1 Å². The smallest absolute Gasteiger partial charge is 0.222 e. The first-order valence-electron chi connectivity index (χ1n) is 13.5. The Morgan fingerprint density at radius 1 is 1.07 bits per heavy atom. The maximum Gasteiger partial charge on any atom is 0.222 e. The molecule has 0 atom stereocenters. The van der Waals surface area contributed by atoms with Crippen molar-refractivity contribution in [2.24, 2.45) is 0 Å². The summed E-state index contributed by atoms with van der Waals surface area (Å²) < 4.78 is 42.4. The fourth-order valence-electron chi connectivity index (χ4n) is 4.36. The highest BCUT2D eigenvalue weighted by Crippen LogP contribution is 2.32. The van der Waals surface area contributed by atoms with Crippen LogP contribution in [0.5, 0.6) is 11.5 Å². The zero-order valence-electron chi connectivity index (χ0n) is 23.5. The van der Waals surface area contributed by atoms with Gasteiger partial charge in [0.15, 0.2) is 17.4 Å². The molecule has 0 saturated carbocycles. The van der Waals surface area contributed by atoms with Gasteiger partial charge < -0.3 is 25.2 Å². The molecule has 43 heavy (non-hydrogen) atoms. The van der Waals surface area contributed by atoms with Crippen LogP contribution in [0.3, 0.4) is 0 Å². The molecule has 0 saturated heterocycles. The van der Waals surface area contributed by atoms with Crippen LogP contribution >= 0.6 is 0 Å². The van der Waals surface area contributed by atoms with E-state index >= 15 is 0 Å². The van der Waals surface area contributed by atoms with E-state index in [0.29, 0.717) is 46.1 Å². The van der Waals surface area contributed by atoms with E-state index in [1.54, 1.807) is 31.2 Å². The zero-order valence-corrected chi connectivity index (χ0v) is 23.5. The SMILES string of the molecule is CCOc1cc(F)c(Cn2nc(-c3ncc(OCCCO)c(Nc4ccnc(NC(C)=O)c4)n3)c3ccccc32)c(F)c1. The first-order valence-corrected chi connectivity index (χ1v) is 13.5. The molecule has 5 rings (SSSR count). The van der Waals surface area contributed by atoms with Gasteiger partial charge in [0, 0.05) is 61.0 Å². The van der Waals surface area contributed by atoms with E-state index < -0.39 is 11.6 Å². The quantitative estimate of drug-likeness (QED) is 0.170. The molecule has 0 aliphatic rings. The number of rotatable bonds is 12. The van der Waals surface area contributed by atoms with Gasteiger partial charge in [0.25, 0.3) is 0 Å². The number of hydrogen-bond donors (Lipinski definition) is 3. The Morgan fingerprint density at radius 3 is 2.60 bits per heavy atom. The van der Waals surface area contributed by atoms with Crippen LogP contribution in [0.25, 0.3) is 22.4 Å². The molecule has 0 unspecified atom stereocenters. The van der Waals surface area contributed by atoms with Crippen LogP contribution in [0.4, 0.5) is 26.1 Å². The van der Waals surface area contributed by atoms with Gasteiger partial charge >= 0.3 is 0 Å². The number of benzene rings is 2. The van der Waals surface area contributed by atoms with Crippen molar-refractivity contribution in [2.45, 2.75) is 26.8 Å². The molecule has 13 heteroatoms. The van der Waals surface area contributed by atoms with E-state index in [1.165, 1.54) is 24.0 Å². The normalized spacial score (nSPS) is 11.0. The largest absolute Gasteiger partial charge is 0.494 e. The predicted molar refractivity (Wildman–Crippen MR) is 156 cm³/mol. The van der Waals surface area contributed by atoms with Gasteiger partial charge in [-0.1, -0.05) is 18.2 Å². The fourth-order valence-corrected chi connectivity index (χ4v) is 4.36. The van der Waals surface area contributed by atoms with Gasteiger partial charge in [-0.2, -0.15) is 5.10 Å². The number of aliphatic hydroxyl groups excluding tert-OH is 1. The van der Waals surface area contributed by atoms with Gasteiger partial charge in [-0.15, -0.1) is 0 Å². The number of ether oxygens (including phenoxy) is 2. The molecule has 0 aliphatic carbocycles. The summed E-state index contributed by atoms with van der Waals surface area (Å²) in [5.41, 5.74) is 1.42. The number of amides is 1. The summed E-state index contributed by atoms with van der Waals surface area (Å²) >= 11 is 0. The molecule has 5 aromatic rings. The van der Waals surface area contributed by atoms with Crippen LogP contribution in [0, 0.1) is 11.6 Å². The second-order valence-electron chi connectivity index (χ2n) is 9.39. The number of fused-ring (bicyclic) bond motifs is 1. The molecule has 11 nitrogen and oxygen atoms in total. The number of carbonyl (C=O) groups is 1. The Bertz CT molecular complexity index is 1740. The van der Waals surface area contributed by atoms with Gasteiger partial charge in [0.05, 0.1) is 31.5 Å². The molecule has 3 aromatic heterocycles. The van der Waals surface area contributed by atoms with Crippen molar-refractivity contribution in [2.75, 3.05) is 30.5 Å². The average Bonchev–Trinajstić information content (AvgIpc) is 3.34. The molecular formula is C30H29F2N7O4. The lowest BCUT2D eigenvalue weighted by Crippen LogP contribution is -2.09. The van der Waals surface area contributed by atoms with Gasteiger partial charge in [0.1, 0.15) is 28.9 Å². The fraction of sp³-hybridized carbons (Fsp3) is 0.233. The lowest BCUT2D eigenvalue weighted by molar-refractivity contribution is -0.114. The number of anilines is 3. The molecule has 3 heterocycles. The van der Waals surface area contributed by atoms with Crippen LogP contribution in [0.1, 0.15) is 25.8 Å². The molecular weight excluding hydrogens is 560 g/mol. The highest BCUT2D eigenvalue weighted by atomic mass is 19.1. The summed E-state index contributed by atoms with van der Waals surface area (Å²) in [6, 6.07) is 12.9. The highest BCUT2D eigenvalue weighted by Gasteiger charge is 2.20. The molecule has 0 radical (unpaired) electrons. The number of pyridine rings is 1. The summed E-state index contributed by atoms with van der Waals surface area (Å²) in [5.74, 6) is -0.457. The van der Waals surface area contributed by atoms with Crippen molar-refractivity contribution in [1.29, 1.82) is 0 Å². The molecule has 222 valence electrons.